The van der Waals surface area contributed by atoms with Gasteiger partial charge in [0.05, 0.1) is 11.1 Å². The summed E-state index contributed by atoms with van der Waals surface area (Å²) >= 11 is 0. The van der Waals surface area contributed by atoms with Gasteiger partial charge in [-0.15, -0.1) is 0 Å². The molecule has 0 atom stereocenters. The third-order valence-electron chi connectivity index (χ3n) is 12.7. The Morgan fingerprint density at radius 2 is 0.885 bits per heavy atom. The van der Waals surface area contributed by atoms with Crippen molar-refractivity contribution < 1.29 is 4.42 Å². The van der Waals surface area contributed by atoms with Crippen molar-refractivity contribution in [1.29, 1.82) is 0 Å². The average molecular weight is 778 g/mol. The number of rotatable bonds is 7. The van der Waals surface area contributed by atoms with Crippen molar-refractivity contribution in [3.05, 3.63) is 259 Å². The number of hydrogen-bond acceptors (Lipinski definition) is 2. The highest BCUT2D eigenvalue weighted by molar-refractivity contribution is 6.06. The van der Waals surface area contributed by atoms with Crippen molar-refractivity contribution in [3.63, 3.8) is 0 Å². The molecule has 0 fully saturated rings. The van der Waals surface area contributed by atoms with Crippen LogP contribution in [-0.2, 0) is 5.41 Å². The molecule has 10 aromatic carbocycles. The number of anilines is 3. The molecule has 0 radical (unpaired) electrons. The third kappa shape index (κ3) is 5.50. The van der Waals surface area contributed by atoms with Crippen molar-refractivity contribution in [2.24, 2.45) is 0 Å². The zero-order chi connectivity index (χ0) is 40.3. The normalized spacial score (nSPS) is 12.7. The van der Waals surface area contributed by atoms with Gasteiger partial charge in [-0.2, -0.15) is 0 Å². The Balaban J connectivity index is 1.11. The quantitative estimate of drug-likeness (QED) is 0.160. The van der Waals surface area contributed by atoms with Crippen LogP contribution in [-0.4, -0.2) is 0 Å². The van der Waals surface area contributed by atoms with Gasteiger partial charge in [-0.25, -0.2) is 0 Å². The molecule has 61 heavy (non-hydrogen) atoms. The lowest BCUT2D eigenvalue weighted by molar-refractivity contribution is 0.669. The number of fused-ring (bicyclic) bond motifs is 7. The van der Waals surface area contributed by atoms with E-state index in [0.29, 0.717) is 0 Å². The summed E-state index contributed by atoms with van der Waals surface area (Å²) in [6.07, 6.45) is 0. The highest BCUT2D eigenvalue weighted by Crippen LogP contribution is 2.57. The van der Waals surface area contributed by atoms with Gasteiger partial charge in [-0.3, -0.25) is 0 Å². The fourth-order valence-corrected chi connectivity index (χ4v) is 10.1. The molecular weight excluding hydrogens is 739 g/mol. The van der Waals surface area contributed by atoms with Gasteiger partial charge in [0.15, 0.2) is 0 Å². The second kappa shape index (κ2) is 14.1. The third-order valence-corrected chi connectivity index (χ3v) is 12.7. The first-order chi connectivity index (χ1) is 30.3. The molecule has 0 saturated heterocycles. The zero-order valence-corrected chi connectivity index (χ0v) is 33.4. The average Bonchev–Trinajstić information content (AvgIpc) is 3.85. The van der Waals surface area contributed by atoms with Gasteiger partial charge in [-0.05, 0) is 103 Å². The minimum absolute atomic E-state index is 0.537. The second-order valence-electron chi connectivity index (χ2n) is 16.0. The molecular formula is C59H39NO. The maximum absolute atomic E-state index is 6.57. The fourth-order valence-electron chi connectivity index (χ4n) is 10.1. The minimum atomic E-state index is -0.537. The minimum Gasteiger partial charge on any atom is -0.456 e. The predicted molar refractivity (Wildman–Crippen MR) is 254 cm³/mol. The second-order valence-corrected chi connectivity index (χ2v) is 16.0. The summed E-state index contributed by atoms with van der Waals surface area (Å²) in [5.41, 5.74) is 16.6. The topological polar surface area (TPSA) is 16.4 Å². The Hall–Kier alpha value is -7.94. The van der Waals surface area contributed by atoms with Crippen LogP contribution in [0.1, 0.15) is 22.3 Å². The molecule has 1 aliphatic carbocycles. The summed E-state index contributed by atoms with van der Waals surface area (Å²) in [4.78, 5) is 2.43. The lowest BCUT2D eigenvalue weighted by Crippen LogP contribution is -2.28. The molecule has 0 N–H and O–H groups in total. The molecule has 1 heterocycles. The molecule has 1 aromatic heterocycles. The number of nitrogens with zero attached hydrogens (tertiary/aromatic N) is 1. The van der Waals surface area contributed by atoms with Crippen molar-refractivity contribution in [2.45, 2.75) is 5.41 Å². The smallest absolute Gasteiger partial charge is 0.137 e. The summed E-state index contributed by atoms with van der Waals surface area (Å²) in [7, 11) is 0. The summed E-state index contributed by atoms with van der Waals surface area (Å²) in [5.74, 6) is 0. The van der Waals surface area contributed by atoms with Crippen LogP contribution in [0.15, 0.2) is 241 Å². The SMILES string of the molecule is c1ccc(C2(c3ccccc3)c3ccccc3-c3ccc(N(c4ccc5c(c4)oc4ccccc45)c4ccccc4-c4cccc(-c5cccc6ccccc56)c4)cc32)cc1. The van der Waals surface area contributed by atoms with Gasteiger partial charge in [0.25, 0.3) is 0 Å². The molecule has 2 heteroatoms. The summed E-state index contributed by atoms with van der Waals surface area (Å²) in [6.45, 7) is 0. The highest BCUT2D eigenvalue weighted by Gasteiger charge is 2.46. The van der Waals surface area contributed by atoms with Gasteiger partial charge < -0.3 is 9.32 Å². The first kappa shape index (κ1) is 35.0. The van der Waals surface area contributed by atoms with E-state index < -0.39 is 5.41 Å². The predicted octanol–water partition coefficient (Wildman–Crippen LogP) is 15.9. The van der Waals surface area contributed by atoms with Crippen LogP contribution in [0.3, 0.4) is 0 Å². The standard InChI is InChI=1S/C59H39NO/c1-3-21-43(22-4-1)59(44-23-5-2-6-24-44)54-30-12-9-27-50(54)51-35-33-45(38-55(51)59)60(46-34-36-53-52-28-11-14-32-57(52)61-58(53)39-46)56-31-13-10-26-49(56)42-20-15-19-41(37-42)48-29-16-18-40-17-7-8-25-47(40)48/h1-39H. The maximum atomic E-state index is 6.57. The van der Waals surface area contributed by atoms with Crippen LogP contribution in [0, 0.1) is 0 Å². The number of furan rings is 1. The summed E-state index contributed by atoms with van der Waals surface area (Å²) in [6, 6.07) is 86.1. The number of para-hydroxylation sites is 2. The van der Waals surface area contributed by atoms with Crippen molar-refractivity contribution >= 4 is 49.8 Å². The molecule has 0 saturated carbocycles. The first-order valence-electron chi connectivity index (χ1n) is 21.0. The van der Waals surface area contributed by atoms with Gasteiger partial charge >= 0.3 is 0 Å². The lowest BCUT2D eigenvalue weighted by atomic mass is 9.67. The van der Waals surface area contributed by atoms with Crippen LogP contribution in [0.4, 0.5) is 17.1 Å². The Kier molecular flexibility index (Phi) is 8.11. The van der Waals surface area contributed by atoms with E-state index in [-0.39, 0.29) is 0 Å². The van der Waals surface area contributed by atoms with E-state index in [2.05, 4.69) is 235 Å². The van der Waals surface area contributed by atoms with Crippen LogP contribution < -0.4 is 4.90 Å². The van der Waals surface area contributed by atoms with Gasteiger partial charge in [0.2, 0.25) is 0 Å². The lowest BCUT2D eigenvalue weighted by Gasteiger charge is -2.35. The van der Waals surface area contributed by atoms with E-state index >= 15 is 0 Å². The van der Waals surface area contributed by atoms with Crippen LogP contribution in [0.2, 0.25) is 0 Å². The molecule has 0 aliphatic heterocycles. The molecule has 11 aromatic rings. The Morgan fingerprint density at radius 3 is 1.70 bits per heavy atom. The van der Waals surface area contributed by atoms with Crippen molar-refractivity contribution in [2.75, 3.05) is 4.90 Å². The summed E-state index contributed by atoms with van der Waals surface area (Å²) < 4.78 is 6.57. The molecule has 0 spiro atoms. The first-order valence-corrected chi connectivity index (χ1v) is 21.0. The Labute approximate surface area is 355 Å². The molecule has 2 nitrogen and oxygen atoms in total. The molecule has 0 unspecified atom stereocenters. The molecule has 1 aliphatic rings. The van der Waals surface area contributed by atoms with Gasteiger partial charge in [-0.1, -0.05) is 188 Å². The van der Waals surface area contributed by atoms with E-state index in [4.69, 9.17) is 4.42 Å². The van der Waals surface area contributed by atoms with E-state index in [1.54, 1.807) is 0 Å². The highest BCUT2D eigenvalue weighted by atomic mass is 16.3. The van der Waals surface area contributed by atoms with Gasteiger partial charge in [0.1, 0.15) is 11.2 Å². The number of benzene rings is 10. The zero-order valence-electron chi connectivity index (χ0n) is 33.4. The van der Waals surface area contributed by atoms with E-state index in [9.17, 15) is 0 Å². The largest absolute Gasteiger partial charge is 0.456 e. The Morgan fingerprint density at radius 1 is 0.328 bits per heavy atom. The van der Waals surface area contributed by atoms with E-state index in [0.717, 1.165) is 50.1 Å². The van der Waals surface area contributed by atoms with E-state index in [1.165, 1.54) is 55.3 Å². The molecule has 0 amide bonds. The van der Waals surface area contributed by atoms with Crippen LogP contribution in [0.5, 0.6) is 0 Å². The van der Waals surface area contributed by atoms with Crippen LogP contribution in [0.25, 0.3) is 66.1 Å². The van der Waals surface area contributed by atoms with E-state index in [1.807, 2.05) is 6.07 Å². The monoisotopic (exact) mass is 777 g/mol. The summed E-state index contributed by atoms with van der Waals surface area (Å²) in [5, 5.41) is 4.70. The molecule has 12 rings (SSSR count). The van der Waals surface area contributed by atoms with Crippen LogP contribution >= 0.6 is 0 Å². The Bertz CT molecular complexity index is 3390. The number of hydrogen-bond donors (Lipinski definition) is 0. The fraction of sp³-hybridized carbons (Fsp3) is 0.0169. The van der Waals surface area contributed by atoms with Gasteiger partial charge in [0, 0.05) is 33.8 Å². The maximum Gasteiger partial charge on any atom is 0.137 e. The van der Waals surface area contributed by atoms with Crippen molar-refractivity contribution in [3.8, 4) is 33.4 Å². The molecule has 0 bridgehead atoms. The van der Waals surface area contributed by atoms with Crippen molar-refractivity contribution in [1.82, 2.24) is 0 Å². The molecule has 286 valence electrons.